The molecule has 0 aliphatic heterocycles. The van der Waals surface area contributed by atoms with Gasteiger partial charge in [-0.1, -0.05) is 6.07 Å². The number of hydrogen-bond donors (Lipinski definition) is 2. The number of nitrogens with one attached hydrogen (secondary N) is 1. The lowest BCUT2D eigenvalue weighted by molar-refractivity contribution is -0.143. The smallest absolute Gasteiger partial charge is 0.329 e. The van der Waals surface area contributed by atoms with Gasteiger partial charge >= 0.3 is 5.97 Å². The van der Waals surface area contributed by atoms with Crippen LogP contribution >= 0.6 is 0 Å². The Morgan fingerprint density at radius 1 is 1.33 bits per heavy atom. The number of rotatable bonds is 7. The van der Waals surface area contributed by atoms with Gasteiger partial charge in [-0.2, -0.15) is 0 Å². The highest BCUT2D eigenvalue weighted by Gasteiger charge is 2.05. The summed E-state index contributed by atoms with van der Waals surface area (Å²) >= 11 is 0. The average molecular weight is 253 g/mol. The molecule has 0 radical (unpaired) electrons. The third-order valence-corrected chi connectivity index (χ3v) is 1.89. The van der Waals surface area contributed by atoms with Gasteiger partial charge in [0.15, 0.2) is 0 Å². The van der Waals surface area contributed by atoms with Crippen LogP contribution in [0.15, 0.2) is 24.3 Å². The number of carbonyl (C=O) groups is 2. The van der Waals surface area contributed by atoms with E-state index in [1.54, 1.807) is 24.3 Å². The fourth-order valence-electron chi connectivity index (χ4n) is 1.26. The Kier molecular flexibility index (Phi) is 5.66. The SMILES string of the molecule is CCOc1cccc(NC(=O)COCC(=O)O)c1. The Bertz CT molecular complexity index is 419. The van der Waals surface area contributed by atoms with E-state index in [9.17, 15) is 9.59 Å². The summed E-state index contributed by atoms with van der Waals surface area (Å²) in [4.78, 5) is 21.6. The molecule has 1 aromatic rings. The molecule has 0 aromatic heterocycles. The first-order chi connectivity index (χ1) is 8.61. The zero-order valence-electron chi connectivity index (χ0n) is 10.0. The van der Waals surface area contributed by atoms with Crippen LogP contribution in [0, 0.1) is 0 Å². The van der Waals surface area contributed by atoms with E-state index in [-0.39, 0.29) is 6.61 Å². The van der Waals surface area contributed by atoms with Crippen molar-refractivity contribution in [1.82, 2.24) is 0 Å². The van der Waals surface area contributed by atoms with E-state index in [1.807, 2.05) is 6.92 Å². The molecule has 2 N–H and O–H groups in total. The molecule has 0 aliphatic carbocycles. The molecule has 0 fully saturated rings. The normalized spacial score (nSPS) is 9.83. The molecule has 0 saturated carbocycles. The van der Waals surface area contributed by atoms with Gasteiger partial charge in [-0.25, -0.2) is 4.79 Å². The van der Waals surface area contributed by atoms with Crippen LogP contribution in [0.5, 0.6) is 5.75 Å². The van der Waals surface area contributed by atoms with Crippen molar-refractivity contribution in [3.63, 3.8) is 0 Å². The second-order valence-corrected chi connectivity index (χ2v) is 3.40. The molecule has 1 aromatic carbocycles. The zero-order valence-corrected chi connectivity index (χ0v) is 10.0. The van der Waals surface area contributed by atoms with Crippen molar-refractivity contribution in [2.75, 3.05) is 25.1 Å². The van der Waals surface area contributed by atoms with Crippen molar-refractivity contribution in [2.45, 2.75) is 6.92 Å². The predicted octanol–water partition coefficient (Wildman–Crippen LogP) is 1.12. The Balaban J connectivity index is 2.43. The molecule has 6 heteroatoms. The molecular weight excluding hydrogens is 238 g/mol. The van der Waals surface area contributed by atoms with Gasteiger partial charge in [0.2, 0.25) is 5.91 Å². The van der Waals surface area contributed by atoms with Gasteiger partial charge in [-0.15, -0.1) is 0 Å². The van der Waals surface area contributed by atoms with Crippen LogP contribution in [0.1, 0.15) is 6.92 Å². The van der Waals surface area contributed by atoms with E-state index in [4.69, 9.17) is 9.84 Å². The molecule has 0 unspecified atom stereocenters. The highest BCUT2D eigenvalue weighted by molar-refractivity contribution is 5.92. The van der Waals surface area contributed by atoms with Gasteiger partial charge in [0.05, 0.1) is 6.61 Å². The van der Waals surface area contributed by atoms with Crippen LogP contribution in [0.2, 0.25) is 0 Å². The second kappa shape index (κ2) is 7.29. The summed E-state index contributed by atoms with van der Waals surface area (Å²) in [7, 11) is 0. The minimum atomic E-state index is -1.11. The minimum Gasteiger partial charge on any atom is -0.494 e. The molecule has 1 amide bonds. The van der Waals surface area contributed by atoms with Crippen LogP contribution in [-0.2, 0) is 14.3 Å². The minimum absolute atomic E-state index is 0.300. The summed E-state index contributed by atoms with van der Waals surface area (Å²) in [6.45, 7) is 1.61. The molecule has 0 saturated heterocycles. The number of carbonyl (C=O) groups excluding carboxylic acids is 1. The molecule has 0 spiro atoms. The highest BCUT2D eigenvalue weighted by Crippen LogP contribution is 2.17. The summed E-state index contributed by atoms with van der Waals surface area (Å²) in [5.41, 5.74) is 0.574. The van der Waals surface area contributed by atoms with Gasteiger partial charge in [0.25, 0.3) is 0 Å². The molecule has 1 rings (SSSR count). The number of carboxylic acid groups (broad SMARTS) is 1. The monoisotopic (exact) mass is 253 g/mol. The van der Waals surface area contributed by atoms with Gasteiger partial charge in [0, 0.05) is 11.8 Å². The Morgan fingerprint density at radius 2 is 2.11 bits per heavy atom. The molecule has 0 bridgehead atoms. The highest BCUT2D eigenvalue weighted by atomic mass is 16.5. The fraction of sp³-hybridized carbons (Fsp3) is 0.333. The number of amides is 1. The van der Waals surface area contributed by atoms with Crippen LogP contribution < -0.4 is 10.1 Å². The third-order valence-electron chi connectivity index (χ3n) is 1.89. The van der Waals surface area contributed by atoms with Crippen molar-refractivity contribution in [3.05, 3.63) is 24.3 Å². The van der Waals surface area contributed by atoms with Crippen molar-refractivity contribution >= 4 is 17.6 Å². The lowest BCUT2D eigenvalue weighted by atomic mass is 10.3. The standard InChI is InChI=1S/C12H15NO5/c1-2-18-10-5-3-4-9(6-10)13-11(14)7-17-8-12(15)16/h3-6H,2,7-8H2,1H3,(H,13,14)(H,15,16). The maximum atomic E-state index is 11.4. The molecule has 6 nitrogen and oxygen atoms in total. The van der Waals surface area contributed by atoms with E-state index in [1.165, 1.54) is 0 Å². The first-order valence-corrected chi connectivity index (χ1v) is 5.44. The van der Waals surface area contributed by atoms with E-state index in [0.29, 0.717) is 18.0 Å². The average Bonchev–Trinajstić information content (AvgIpc) is 2.29. The topological polar surface area (TPSA) is 84.9 Å². The van der Waals surface area contributed by atoms with Gasteiger partial charge in [-0.05, 0) is 19.1 Å². The van der Waals surface area contributed by atoms with Gasteiger partial charge in [0.1, 0.15) is 19.0 Å². The van der Waals surface area contributed by atoms with Crippen LogP contribution in [0.4, 0.5) is 5.69 Å². The number of aliphatic carboxylic acids is 1. The maximum Gasteiger partial charge on any atom is 0.329 e. The number of benzene rings is 1. The molecule has 18 heavy (non-hydrogen) atoms. The van der Waals surface area contributed by atoms with Gasteiger partial charge in [-0.3, -0.25) is 4.79 Å². The first kappa shape index (κ1) is 14.0. The lowest BCUT2D eigenvalue weighted by Gasteiger charge is -2.07. The van der Waals surface area contributed by atoms with Crippen molar-refractivity contribution in [1.29, 1.82) is 0 Å². The summed E-state index contributed by atoms with van der Waals surface area (Å²) in [5, 5.41) is 10.9. The van der Waals surface area contributed by atoms with Crippen molar-refractivity contribution in [3.8, 4) is 5.75 Å². The second-order valence-electron chi connectivity index (χ2n) is 3.40. The lowest BCUT2D eigenvalue weighted by Crippen LogP contribution is -2.20. The number of anilines is 1. The summed E-state index contributed by atoms with van der Waals surface area (Å²) in [6.07, 6.45) is 0. The zero-order chi connectivity index (χ0) is 13.4. The summed E-state index contributed by atoms with van der Waals surface area (Å²) in [6, 6.07) is 6.91. The molecular formula is C12H15NO5. The molecule has 0 aliphatic rings. The van der Waals surface area contributed by atoms with E-state index >= 15 is 0 Å². The van der Waals surface area contributed by atoms with E-state index in [0.717, 1.165) is 0 Å². The molecule has 0 heterocycles. The van der Waals surface area contributed by atoms with Crippen LogP contribution in [0.3, 0.4) is 0 Å². The number of hydrogen-bond acceptors (Lipinski definition) is 4. The molecule has 0 atom stereocenters. The molecule has 98 valence electrons. The van der Waals surface area contributed by atoms with Crippen LogP contribution in [-0.4, -0.2) is 36.8 Å². The quantitative estimate of drug-likeness (QED) is 0.760. The van der Waals surface area contributed by atoms with Gasteiger partial charge < -0.3 is 19.9 Å². The number of carboxylic acids is 1. The fourth-order valence-corrected chi connectivity index (χ4v) is 1.26. The van der Waals surface area contributed by atoms with Crippen molar-refractivity contribution < 1.29 is 24.2 Å². The Labute approximate surface area is 105 Å². The van der Waals surface area contributed by atoms with Crippen LogP contribution in [0.25, 0.3) is 0 Å². The maximum absolute atomic E-state index is 11.4. The summed E-state index contributed by atoms with van der Waals surface area (Å²) < 4.78 is 9.94. The van der Waals surface area contributed by atoms with E-state index < -0.39 is 18.5 Å². The third kappa shape index (κ3) is 5.31. The summed E-state index contributed by atoms with van der Waals surface area (Å²) in [5.74, 6) is -0.868. The largest absolute Gasteiger partial charge is 0.494 e. The van der Waals surface area contributed by atoms with E-state index in [2.05, 4.69) is 10.1 Å². The first-order valence-electron chi connectivity index (χ1n) is 5.44. The Hall–Kier alpha value is -2.08. The number of ether oxygens (including phenoxy) is 2. The predicted molar refractivity (Wildman–Crippen MR) is 64.7 cm³/mol. The van der Waals surface area contributed by atoms with Crippen molar-refractivity contribution in [2.24, 2.45) is 0 Å². The Morgan fingerprint density at radius 3 is 2.78 bits per heavy atom.